The second kappa shape index (κ2) is 12.3. The number of carbonyl (C=O) groups excluding carboxylic acids is 1. The van der Waals surface area contributed by atoms with Gasteiger partial charge in [-0.15, -0.1) is 0 Å². The van der Waals surface area contributed by atoms with Crippen LogP contribution in [0.2, 0.25) is 0 Å². The Bertz CT molecular complexity index is 1790. The summed E-state index contributed by atoms with van der Waals surface area (Å²) >= 11 is 5.81. The number of halogens is 2. The number of amides is 1. The van der Waals surface area contributed by atoms with Crippen molar-refractivity contribution < 1.29 is 14.3 Å². The number of benzene rings is 3. The molecule has 1 amide bonds. The molecule has 0 aliphatic carbocycles. The standard InChI is InChI=1S/C30H25I2N3O4S/c1-4-39-27-22(31)13-18(14-23(27)32)15-24-29(37)35-26(19-9-8-12-21(16-19)38-3)25(17(2)33-30(35)40-24)28(36)34-20-10-6-5-7-11-20/h5-16,26H,4H2,1-3H3,(H,34,36)/b24-15-/t26-/m0/s1. The van der Waals surface area contributed by atoms with Crippen molar-refractivity contribution in [3.63, 3.8) is 0 Å². The number of thiazole rings is 1. The van der Waals surface area contributed by atoms with Crippen molar-refractivity contribution >= 4 is 74.2 Å². The lowest BCUT2D eigenvalue weighted by Gasteiger charge is -2.25. The normalized spacial score (nSPS) is 14.9. The Morgan fingerprint density at radius 3 is 2.50 bits per heavy atom. The van der Waals surface area contributed by atoms with Crippen molar-refractivity contribution in [1.82, 2.24) is 4.57 Å². The molecule has 3 aromatic carbocycles. The van der Waals surface area contributed by atoms with Crippen LogP contribution in [0.4, 0.5) is 5.69 Å². The largest absolute Gasteiger partial charge is 0.497 e. The van der Waals surface area contributed by atoms with E-state index in [1.807, 2.05) is 79.7 Å². The molecule has 1 atom stereocenters. The zero-order chi connectivity index (χ0) is 28.4. The van der Waals surface area contributed by atoms with Crippen LogP contribution < -0.4 is 29.7 Å². The molecule has 0 radical (unpaired) electrons. The van der Waals surface area contributed by atoms with Crippen molar-refractivity contribution in [2.24, 2.45) is 4.99 Å². The predicted molar refractivity (Wildman–Crippen MR) is 175 cm³/mol. The van der Waals surface area contributed by atoms with Crippen molar-refractivity contribution in [3.05, 3.63) is 116 Å². The molecule has 7 nitrogen and oxygen atoms in total. The van der Waals surface area contributed by atoms with E-state index in [9.17, 15) is 9.59 Å². The summed E-state index contributed by atoms with van der Waals surface area (Å²) in [5.41, 5.74) is 3.05. The van der Waals surface area contributed by atoms with Gasteiger partial charge in [-0.3, -0.25) is 14.2 Å². The SMILES string of the molecule is CCOc1c(I)cc(/C=c2\sc3n(c2=O)[C@@H](c2cccc(OC)c2)C(C(=O)Nc2ccccc2)=C(C)N=3)cc1I. The van der Waals surface area contributed by atoms with Gasteiger partial charge in [-0.2, -0.15) is 0 Å². The molecule has 1 aliphatic rings. The molecule has 40 heavy (non-hydrogen) atoms. The maximum atomic E-state index is 14.0. The van der Waals surface area contributed by atoms with E-state index in [1.54, 1.807) is 18.6 Å². The maximum Gasteiger partial charge on any atom is 0.271 e. The number of ether oxygens (including phenoxy) is 2. The average Bonchev–Trinajstić information content (AvgIpc) is 3.24. The Balaban J connectivity index is 1.67. The number of hydrogen-bond donors (Lipinski definition) is 1. The van der Waals surface area contributed by atoms with Crippen LogP contribution in [0.3, 0.4) is 0 Å². The van der Waals surface area contributed by atoms with Gasteiger partial charge in [0, 0.05) is 5.69 Å². The van der Waals surface area contributed by atoms with Gasteiger partial charge in [-0.05, 0) is 113 Å². The molecule has 0 saturated heterocycles. The highest BCUT2D eigenvalue weighted by Gasteiger charge is 2.32. The lowest BCUT2D eigenvalue weighted by atomic mass is 9.95. The van der Waals surface area contributed by atoms with Crippen LogP contribution in [0.1, 0.15) is 31.0 Å². The summed E-state index contributed by atoms with van der Waals surface area (Å²) < 4.78 is 15.3. The van der Waals surface area contributed by atoms with Crippen LogP contribution in [0.5, 0.6) is 11.5 Å². The molecule has 1 aromatic heterocycles. The highest BCUT2D eigenvalue weighted by molar-refractivity contribution is 14.1. The van der Waals surface area contributed by atoms with Gasteiger partial charge in [0.05, 0.1) is 42.7 Å². The van der Waals surface area contributed by atoms with Gasteiger partial charge in [0.15, 0.2) is 4.80 Å². The number of allylic oxidation sites excluding steroid dienone is 1. The number of nitrogens with one attached hydrogen (secondary N) is 1. The van der Waals surface area contributed by atoms with E-state index in [0.29, 0.717) is 38.6 Å². The lowest BCUT2D eigenvalue weighted by molar-refractivity contribution is -0.113. The number of carbonyl (C=O) groups is 1. The van der Waals surface area contributed by atoms with Crippen molar-refractivity contribution in [2.75, 3.05) is 19.0 Å². The highest BCUT2D eigenvalue weighted by Crippen LogP contribution is 2.33. The fourth-order valence-electron chi connectivity index (χ4n) is 4.56. The van der Waals surface area contributed by atoms with Crippen LogP contribution in [0.15, 0.2) is 87.8 Å². The van der Waals surface area contributed by atoms with Gasteiger partial charge in [-0.25, -0.2) is 4.99 Å². The van der Waals surface area contributed by atoms with Gasteiger partial charge in [-0.1, -0.05) is 41.7 Å². The summed E-state index contributed by atoms with van der Waals surface area (Å²) in [4.78, 5) is 33.0. The molecule has 0 bridgehead atoms. The van der Waals surface area contributed by atoms with Crippen LogP contribution in [0, 0.1) is 7.14 Å². The van der Waals surface area contributed by atoms with Gasteiger partial charge < -0.3 is 14.8 Å². The van der Waals surface area contributed by atoms with E-state index in [0.717, 1.165) is 24.0 Å². The minimum Gasteiger partial charge on any atom is -0.497 e. The zero-order valence-electron chi connectivity index (χ0n) is 21.9. The number of nitrogens with zero attached hydrogens (tertiary/aromatic N) is 2. The van der Waals surface area contributed by atoms with Gasteiger partial charge in [0.25, 0.3) is 11.5 Å². The monoisotopic (exact) mass is 777 g/mol. The summed E-state index contributed by atoms with van der Waals surface area (Å²) in [5, 5.41) is 2.97. The first-order valence-corrected chi connectivity index (χ1v) is 15.4. The first kappa shape index (κ1) is 28.6. The second-order valence-corrected chi connectivity index (χ2v) is 12.3. The predicted octanol–water partition coefficient (Wildman–Crippen LogP) is 5.49. The second-order valence-electron chi connectivity index (χ2n) is 8.93. The minimum atomic E-state index is -0.683. The molecule has 0 fully saturated rings. The Kier molecular flexibility index (Phi) is 8.76. The van der Waals surface area contributed by atoms with E-state index in [1.165, 1.54) is 11.3 Å². The molecular weight excluding hydrogens is 752 g/mol. The Labute approximate surface area is 262 Å². The lowest BCUT2D eigenvalue weighted by Crippen LogP contribution is -2.40. The van der Waals surface area contributed by atoms with Crippen LogP contribution in [0.25, 0.3) is 6.08 Å². The number of hydrogen-bond acceptors (Lipinski definition) is 6. The Morgan fingerprint density at radius 2 is 1.82 bits per heavy atom. The third kappa shape index (κ3) is 5.75. The number of anilines is 1. The quantitative estimate of drug-likeness (QED) is 0.252. The molecule has 0 spiro atoms. The molecule has 204 valence electrons. The van der Waals surface area contributed by atoms with Crippen molar-refractivity contribution in [1.29, 1.82) is 0 Å². The maximum absolute atomic E-state index is 14.0. The fourth-order valence-corrected chi connectivity index (χ4v) is 7.73. The van der Waals surface area contributed by atoms with E-state index < -0.39 is 6.04 Å². The fraction of sp³-hybridized carbons (Fsp3) is 0.167. The molecule has 4 aromatic rings. The Hall–Kier alpha value is -2.97. The molecular formula is C30H25I2N3O4S. The zero-order valence-corrected chi connectivity index (χ0v) is 27.0. The highest BCUT2D eigenvalue weighted by atomic mass is 127. The topological polar surface area (TPSA) is 81.9 Å². The molecule has 1 N–H and O–H groups in total. The Morgan fingerprint density at radius 1 is 1.10 bits per heavy atom. The summed E-state index contributed by atoms with van der Waals surface area (Å²) in [6.07, 6.45) is 1.87. The summed E-state index contributed by atoms with van der Waals surface area (Å²) in [6, 6.07) is 20.0. The molecule has 2 heterocycles. The van der Waals surface area contributed by atoms with Gasteiger partial charge >= 0.3 is 0 Å². The third-order valence-electron chi connectivity index (χ3n) is 6.31. The van der Waals surface area contributed by atoms with Crippen LogP contribution in [-0.2, 0) is 4.79 Å². The van der Waals surface area contributed by atoms with E-state index in [2.05, 4.69) is 50.5 Å². The summed E-state index contributed by atoms with van der Waals surface area (Å²) in [5.74, 6) is 1.16. The minimum absolute atomic E-state index is 0.215. The van der Waals surface area contributed by atoms with E-state index >= 15 is 0 Å². The molecule has 1 aliphatic heterocycles. The third-order valence-corrected chi connectivity index (χ3v) is 8.90. The van der Waals surface area contributed by atoms with Crippen molar-refractivity contribution in [3.8, 4) is 11.5 Å². The number of aromatic nitrogens is 1. The summed E-state index contributed by atoms with van der Waals surface area (Å²) in [7, 11) is 1.59. The van der Waals surface area contributed by atoms with Crippen LogP contribution in [-0.4, -0.2) is 24.2 Å². The number of rotatable bonds is 7. The van der Waals surface area contributed by atoms with E-state index in [-0.39, 0.29) is 11.5 Å². The van der Waals surface area contributed by atoms with Crippen LogP contribution >= 0.6 is 56.5 Å². The van der Waals surface area contributed by atoms with E-state index in [4.69, 9.17) is 14.5 Å². The molecule has 0 saturated carbocycles. The smallest absolute Gasteiger partial charge is 0.271 e. The van der Waals surface area contributed by atoms with Gasteiger partial charge in [0.2, 0.25) is 0 Å². The molecule has 5 rings (SSSR count). The molecule has 0 unspecified atom stereocenters. The van der Waals surface area contributed by atoms with Crippen molar-refractivity contribution in [2.45, 2.75) is 19.9 Å². The number of para-hydroxylation sites is 1. The first-order valence-electron chi connectivity index (χ1n) is 12.5. The first-order chi connectivity index (χ1) is 19.3. The number of fused-ring (bicyclic) bond motifs is 1. The van der Waals surface area contributed by atoms with Gasteiger partial charge in [0.1, 0.15) is 11.5 Å². The molecule has 10 heteroatoms. The summed E-state index contributed by atoms with van der Waals surface area (Å²) in [6.45, 7) is 4.34. The number of methoxy groups -OCH3 is 1. The average molecular weight is 777 g/mol.